The van der Waals surface area contributed by atoms with E-state index in [1.54, 1.807) is 0 Å². The molecule has 18 heavy (non-hydrogen) atoms. The topological polar surface area (TPSA) is 77.8 Å². The summed E-state index contributed by atoms with van der Waals surface area (Å²) >= 11 is 0. The molecule has 5 nitrogen and oxygen atoms in total. The largest absolute Gasteiger partial charge is 0.508 e. The molecule has 0 aromatic heterocycles. The number of carboxylic acids is 1. The molecule has 1 aliphatic heterocycles. The number of aliphatic carboxylic acids is 1. The summed E-state index contributed by atoms with van der Waals surface area (Å²) < 4.78 is 13.5. The van der Waals surface area contributed by atoms with E-state index >= 15 is 0 Å². The summed E-state index contributed by atoms with van der Waals surface area (Å²) in [6, 6.07) is 2.29. The molecule has 1 aliphatic rings. The molecule has 1 fully saturated rings. The number of aromatic hydroxyl groups is 1. The maximum atomic E-state index is 13.5. The van der Waals surface area contributed by atoms with Crippen LogP contribution in [0.1, 0.15) is 23.2 Å². The number of hydrogen-bond donors (Lipinski definition) is 2. The minimum absolute atomic E-state index is 0.221. The van der Waals surface area contributed by atoms with Crippen LogP contribution in [0.15, 0.2) is 18.2 Å². The Balaban J connectivity index is 2.28. The van der Waals surface area contributed by atoms with Crippen LogP contribution in [0.5, 0.6) is 5.75 Å². The van der Waals surface area contributed by atoms with Gasteiger partial charge in [-0.1, -0.05) is 0 Å². The lowest BCUT2D eigenvalue weighted by atomic mass is 10.1. The van der Waals surface area contributed by atoms with Gasteiger partial charge in [0.1, 0.15) is 17.6 Å². The Labute approximate surface area is 102 Å². The lowest BCUT2D eigenvalue weighted by Gasteiger charge is -2.21. The highest BCUT2D eigenvalue weighted by Gasteiger charge is 2.35. The third-order valence-corrected chi connectivity index (χ3v) is 2.98. The molecule has 1 aromatic carbocycles. The van der Waals surface area contributed by atoms with E-state index in [0.717, 1.165) is 17.0 Å². The van der Waals surface area contributed by atoms with E-state index in [1.165, 1.54) is 6.07 Å². The zero-order chi connectivity index (χ0) is 13.3. The van der Waals surface area contributed by atoms with Gasteiger partial charge >= 0.3 is 5.97 Å². The molecule has 2 N–H and O–H groups in total. The van der Waals surface area contributed by atoms with Gasteiger partial charge in [0.15, 0.2) is 0 Å². The number of phenols is 1. The lowest BCUT2D eigenvalue weighted by molar-refractivity contribution is -0.141. The molecule has 1 saturated heterocycles. The van der Waals surface area contributed by atoms with Gasteiger partial charge in [0.2, 0.25) is 0 Å². The molecule has 1 amide bonds. The summed E-state index contributed by atoms with van der Waals surface area (Å²) in [5, 5.41) is 18.0. The van der Waals surface area contributed by atoms with E-state index in [9.17, 15) is 14.0 Å². The number of carbonyl (C=O) groups excluding carboxylic acids is 1. The predicted octanol–water partition coefficient (Wildman–Crippen LogP) is 1.22. The molecule has 1 aromatic rings. The van der Waals surface area contributed by atoms with Gasteiger partial charge in [0, 0.05) is 12.6 Å². The van der Waals surface area contributed by atoms with E-state index in [0.29, 0.717) is 19.4 Å². The van der Waals surface area contributed by atoms with Crippen LogP contribution in [0.25, 0.3) is 0 Å². The third-order valence-electron chi connectivity index (χ3n) is 2.98. The normalized spacial score (nSPS) is 18.9. The number of phenolic OH excluding ortho intramolecular Hbond substituents is 1. The van der Waals surface area contributed by atoms with Gasteiger partial charge in [-0.2, -0.15) is 0 Å². The second kappa shape index (κ2) is 4.64. The van der Waals surface area contributed by atoms with Crippen LogP contribution >= 0.6 is 0 Å². The van der Waals surface area contributed by atoms with Gasteiger partial charge in [0.05, 0.1) is 5.56 Å². The first kappa shape index (κ1) is 12.3. The van der Waals surface area contributed by atoms with Crippen molar-refractivity contribution in [3.8, 4) is 5.75 Å². The summed E-state index contributed by atoms with van der Waals surface area (Å²) in [6.07, 6.45) is 0.961. The first-order valence-corrected chi connectivity index (χ1v) is 5.53. The van der Waals surface area contributed by atoms with Gasteiger partial charge < -0.3 is 15.1 Å². The molecular weight excluding hydrogens is 241 g/mol. The number of carboxylic acid groups (broad SMARTS) is 1. The standard InChI is InChI=1S/C12H12FNO4/c13-9-6-7(15)3-4-8(9)11(16)14-5-1-2-10(14)12(17)18/h3-4,6,10,15H,1-2,5H2,(H,17,18)/t10-/m1/s1. The number of likely N-dealkylation sites (tertiary alicyclic amines) is 1. The lowest BCUT2D eigenvalue weighted by Crippen LogP contribution is -2.40. The fourth-order valence-electron chi connectivity index (χ4n) is 2.10. The number of nitrogens with zero attached hydrogens (tertiary/aromatic N) is 1. The minimum atomic E-state index is -1.08. The molecule has 6 heteroatoms. The Kier molecular flexibility index (Phi) is 3.18. The van der Waals surface area contributed by atoms with Gasteiger partial charge in [-0.25, -0.2) is 9.18 Å². The summed E-state index contributed by atoms with van der Waals surface area (Å²) in [5.74, 6) is -2.87. The van der Waals surface area contributed by atoms with Crippen LogP contribution in [0.2, 0.25) is 0 Å². The Morgan fingerprint density at radius 1 is 1.39 bits per heavy atom. The van der Waals surface area contributed by atoms with Gasteiger partial charge in [-0.3, -0.25) is 4.79 Å². The molecule has 96 valence electrons. The molecule has 0 aliphatic carbocycles. The predicted molar refractivity (Wildman–Crippen MR) is 59.8 cm³/mol. The van der Waals surface area contributed by atoms with Crippen molar-refractivity contribution in [1.82, 2.24) is 4.90 Å². The summed E-state index contributed by atoms with van der Waals surface area (Å²) in [5.41, 5.74) is -0.221. The van der Waals surface area contributed by atoms with Gasteiger partial charge in [-0.05, 0) is 25.0 Å². The van der Waals surface area contributed by atoms with E-state index < -0.39 is 23.7 Å². The average Bonchev–Trinajstić information content (AvgIpc) is 2.77. The van der Waals surface area contributed by atoms with Crippen LogP contribution in [-0.2, 0) is 4.79 Å². The van der Waals surface area contributed by atoms with Crippen molar-refractivity contribution in [2.45, 2.75) is 18.9 Å². The highest BCUT2D eigenvalue weighted by molar-refractivity contribution is 5.97. The van der Waals surface area contributed by atoms with E-state index in [1.807, 2.05) is 0 Å². The van der Waals surface area contributed by atoms with Gasteiger partial charge in [0.25, 0.3) is 5.91 Å². The molecule has 2 rings (SSSR count). The number of rotatable bonds is 2. The Hall–Kier alpha value is -2.11. The zero-order valence-corrected chi connectivity index (χ0v) is 9.47. The van der Waals surface area contributed by atoms with E-state index in [2.05, 4.69) is 0 Å². The summed E-state index contributed by atoms with van der Waals surface area (Å²) in [7, 11) is 0. The maximum Gasteiger partial charge on any atom is 0.326 e. The van der Waals surface area contributed by atoms with Crippen molar-refractivity contribution in [3.63, 3.8) is 0 Å². The summed E-state index contributed by atoms with van der Waals surface area (Å²) in [6.45, 7) is 0.302. The molecule has 1 atom stereocenters. The smallest absolute Gasteiger partial charge is 0.326 e. The molecule has 0 unspecified atom stereocenters. The second-order valence-electron chi connectivity index (χ2n) is 4.16. The van der Waals surface area contributed by atoms with Crippen LogP contribution < -0.4 is 0 Å². The molecule has 0 radical (unpaired) electrons. The quantitative estimate of drug-likeness (QED) is 0.830. The Bertz CT molecular complexity index is 503. The van der Waals surface area contributed by atoms with Gasteiger partial charge in [-0.15, -0.1) is 0 Å². The average molecular weight is 253 g/mol. The van der Waals surface area contributed by atoms with Crippen molar-refractivity contribution < 1.29 is 24.2 Å². The molecular formula is C12H12FNO4. The maximum absolute atomic E-state index is 13.5. The monoisotopic (exact) mass is 253 g/mol. The number of benzene rings is 1. The molecule has 0 spiro atoms. The van der Waals surface area contributed by atoms with Crippen molar-refractivity contribution in [2.24, 2.45) is 0 Å². The fourth-order valence-corrected chi connectivity index (χ4v) is 2.10. The molecule has 0 bridgehead atoms. The van der Waals surface area contributed by atoms with E-state index in [-0.39, 0.29) is 11.3 Å². The zero-order valence-electron chi connectivity index (χ0n) is 9.47. The fraction of sp³-hybridized carbons (Fsp3) is 0.333. The highest BCUT2D eigenvalue weighted by atomic mass is 19.1. The summed E-state index contributed by atoms with van der Waals surface area (Å²) in [4.78, 5) is 24.1. The van der Waals surface area contributed by atoms with Crippen LogP contribution in [0, 0.1) is 5.82 Å². The molecule has 0 saturated carbocycles. The van der Waals surface area contributed by atoms with Crippen molar-refractivity contribution in [3.05, 3.63) is 29.6 Å². The Morgan fingerprint density at radius 3 is 2.72 bits per heavy atom. The van der Waals surface area contributed by atoms with Crippen LogP contribution in [0.4, 0.5) is 4.39 Å². The number of amides is 1. The highest BCUT2D eigenvalue weighted by Crippen LogP contribution is 2.23. The third kappa shape index (κ3) is 2.13. The van der Waals surface area contributed by atoms with Crippen molar-refractivity contribution in [1.29, 1.82) is 0 Å². The van der Waals surface area contributed by atoms with E-state index in [4.69, 9.17) is 10.2 Å². The number of hydrogen-bond acceptors (Lipinski definition) is 3. The Morgan fingerprint density at radius 2 is 2.11 bits per heavy atom. The first-order valence-electron chi connectivity index (χ1n) is 5.53. The molecule has 1 heterocycles. The van der Waals surface area contributed by atoms with Crippen molar-refractivity contribution >= 4 is 11.9 Å². The van der Waals surface area contributed by atoms with Crippen LogP contribution in [0.3, 0.4) is 0 Å². The SMILES string of the molecule is O=C(O)[C@H]1CCCN1C(=O)c1ccc(O)cc1F. The first-order chi connectivity index (χ1) is 8.50. The number of halogens is 1. The van der Waals surface area contributed by atoms with Crippen molar-refractivity contribution in [2.75, 3.05) is 6.54 Å². The second-order valence-corrected chi connectivity index (χ2v) is 4.16. The number of carbonyl (C=O) groups is 2. The minimum Gasteiger partial charge on any atom is -0.508 e. The van der Waals surface area contributed by atoms with Crippen LogP contribution in [-0.4, -0.2) is 39.6 Å².